The fourth-order valence-corrected chi connectivity index (χ4v) is 6.01. The Morgan fingerprint density at radius 2 is 1.60 bits per heavy atom. The Labute approximate surface area is 257 Å². The number of benzene rings is 3. The van der Waals surface area contributed by atoms with Crippen LogP contribution < -0.4 is 19.1 Å². The Kier molecular flexibility index (Phi) is 11.5. The summed E-state index contributed by atoms with van der Waals surface area (Å²) < 4.78 is 39.7. The van der Waals surface area contributed by atoms with Crippen molar-refractivity contribution in [2.75, 3.05) is 25.1 Å². The number of sulfonamides is 1. The highest BCUT2D eigenvalue weighted by Gasteiger charge is 2.33. The molecular formula is C30H35Cl2N3O6S. The molecule has 0 unspecified atom stereocenters. The predicted octanol–water partition coefficient (Wildman–Crippen LogP) is 5.54. The van der Waals surface area contributed by atoms with Crippen molar-refractivity contribution in [3.8, 4) is 11.5 Å². The van der Waals surface area contributed by atoms with Crippen LogP contribution in [0.25, 0.3) is 0 Å². The Morgan fingerprint density at radius 3 is 2.19 bits per heavy atom. The van der Waals surface area contributed by atoms with Gasteiger partial charge in [-0.05, 0) is 62.2 Å². The number of amides is 2. The minimum atomic E-state index is -4.29. The van der Waals surface area contributed by atoms with E-state index in [-0.39, 0.29) is 34.8 Å². The van der Waals surface area contributed by atoms with E-state index < -0.39 is 28.5 Å². The number of anilines is 1. The van der Waals surface area contributed by atoms with Crippen molar-refractivity contribution in [2.24, 2.45) is 0 Å². The molecule has 0 aliphatic carbocycles. The van der Waals surface area contributed by atoms with Crippen LogP contribution in [0.3, 0.4) is 0 Å². The Hall–Kier alpha value is -3.47. The van der Waals surface area contributed by atoms with E-state index in [9.17, 15) is 18.0 Å². The maximum Gasteiger partial charge on any atom is 0.264 e. The number of carbonyl (C=O) groups excluding carboxylic acids is 2. The molecule has 0 aliphatic rings. The zero-order valence-corrected chi connectivity index (χ0v) is 26.5. The average Bonchev–Trinajstić information content (AvgIpc) is 2.98. The van der Waals surface area contributed by atoms with E-state index in [1.165, 1.54) is 37.3 Å². The van der Waals surface area contributed by atoms with Gasteiger partial charge in [0.05, 0.1) is 24.8 Å². The number of ether oxygens (including phenoxy) is 2. The third-order valence-electron chi connectivity index (χ3n) is 6.79. The lowest BCUT2D eigenvalue weighted by molar-refractivity contribution is -0.139. The van der Waals surface area contributed by atoms with Crippen LogP contribution >= 0.6 is 23.2 Å². The van der Waals surface area contributed by atoms with E-state index >= 15 is 0 Å². The van der Waals surface area contributed by atoms with E-state index in [1.807, 2.05) is 13.8 Å². The molecule has 2 atom stereocenters. The molecule has 3 rings (SSSR count). The smallest absolute Gasteiger partial charge is 0.264 e. The Balaban J connectivity index is 2.06. The summed E-state index contributed by atoms with van der Waals surface area (Å²) in [5.74, 6) is -0.421. The van der Waals surface area contributed by atoms with Gasteiger partial charge in [0.25, 0.3) is 10.0 Å². The van der Waals surface area contributed by atoms with Crippen molar-refractivity contribution in [2.45, 2.75) is 50.7 Å². The molecule has 0 aromatic heterocycles. The Morgan fingerprint density at radius 1 is 0.929 bits per heavy atom. The SMILES string of the molecule is CC[C@H](C)NC(=O)[C@H](C)N(Cc1ccc(Cl)cc1Cl)C(=O)CN(c1ccccc1)S(=O)(=O)c1ccc(OC)c(OC)c1. The van der Waals surface area contributed by atoms with Gasteiger partial charge >= 0.3 is 0 Å². The Bertz CT molecular complexity index is 1500. The topological polar surface area (TPSA) is 105 Å². The van der Waals surface area contributed by atoms with Gasteiger partial charge in [0.2, 0.25) is 11.8 Å². The molecule has 9 nitrogen and oxygen atoms in total. The van der Waals surface area contributed by atoms with Crippen LogP contribution in [-0.2, 0) is 26.2 Å². The van der Waals surface area contributed by atoms with Crippen molar-refractivity contribution in [1.29, 1.82) is 0 Å². The molecule has 3 aromatic rings. The monoisotopic (exact) mass is 635 g/mol. The maximum atomic E-state index is 14.0. The minimum absolute atomic E-state index is 0.0526. The maximum absolute atomic E-state index is 14.0. The largest absolute Gasteiger partial charge is 0.493 e. The number of hydrogen-bond donors (Lipinski definition) is 1. The molecular weight excluding hydrogens is 601 g/mol. The molecule has 12 heteroatoms. The molecule has 2 amide bonds. The number of rotatable bonds is 13. The highest BCUT2D eigenvalue weighted by atomic mass is 35.5. The molecule has 226 valence electrons. The first kappa shape index (κ1) is 33.0. The number of para-hydroxylation sites is 1. The highest BCUT2D eigenvalue weighted by molar-refractivity contribution is 7.92. The first-order valence-electron chi connectivity index (χ1n) is 13.3. The van der Waals surface area contributed by atoms with Crippen LogP contribution in [0.2, 0.25) is 10.0 Å². The molecule has 42 heavy (non-hydrogen) atoms. The summed E-state index contributed by atoms with van der Waals surface area (Å²) in [4.78, 5) is 28.4. The molecule has 0 heterocycles. The second-order valence-corrected chi connectivity index (χ2v) is 12.3. The number of nitrogens with one attached hydrogen (secondary N) is 1. The van der Waals surface area contributed by atoms with E-state index in [0.717, 1.165) is 4.31 Å². The number of carbonyl (C=O) groups is 2. The molecule has 0 bridgehead atoms. The van der Waals surface area contributed by atoms with E-state index in [4.69, 9.17) is 32.7 Å². The third kappa shape index (κ3) is 7.87. The summed E-state index contributed by atoms with van der Waals surface area (Å²) in [5.41, 5.74) is 0.813. The van der Waals surface area contributed by atoms with Gasteiger partial charge in [0.1, 0.15) is 12.6 Å². The summed E-state index contributed by atoms with van der Waals surface area (Å²) in [6.45, 7) is 4.74. The second kappa shape index (κ2) is 14.6. The summed E-state index contributed by atoms with van der Waals surface area (Å²) in [7, 11) is -1.44. The lowest BCUT2D eigenvalue weighted by atomic mass is 10.1. The normalized spacial score (nSPS) is 12.6. The van der Waals surface area contributed by atoms with Crippen LogP contribution in [0, 0.1) is 0 Å². The molecule has 1 N–H and O–H groups in total. The number of hydrogen-bond acceptors (Lipinski definition) is 6. The number of halogens is 2. The van der Waals surface area contributed by atoms with Gasteiger partial charge in [-0.3, -0.25) is 13.9 Å². The average molecular weight is 637 g/mol. The zero-order chi connectivity index (χ0) is 31.0. The van der Waals surface area contributed by atoms with Crippen molar-refractivity contribution in [1.82, 2.24) is 10.2 Å². The van der Waals surface area contributed by atoms with Crippen LogP contribution in [0.5, 0.6) is 11.5 Å². The molecule has 0 saturated carbocycles. The summed E-state index contributed by atoms with van der Waals surface area (Å²) in [6, 6.07) is 16.2. The lowest BCUT2D eigenvalue weighted by Gasteiger charge is -2.32. The van der Waals surface area contributed by atoms with Crippen LogP contribution in [-0.4, -0.2) is 58.0 Å². The lowest BCUT2D eigenvalue weighted by Crippen LogP contribution is -2.52. The van der Waals surface area contributed by atoms with Gasteiger partial charge in [0, 0.05) is 28.7 Å². The van der Waals surface area contributed by atoms with Crippen molar-refractivity contribution >= 4 is 50.7 Å². The molecule has 0 radical (unpaired) electrons. The van der Waals surface area contributed by atoms with Gasteiger partial charge in [-0.1, -0.05) is 54.4 Å². The van der Waals surface area contributed by atoms with Crippen LogP contribution in [0.15, 0.2) is 71.6 Å². The highest BCUT2D eigenvalue weighted by Crippen LogP contribution is 2.32. The standard InChI is InChI=1S/C30H35Cl2N3O6S/c1-6-20(2)33-30(37)21(3)34(18-22-12-13-23(31)16-26(22)32)29(36)19-35(24-10-8-7-9-11-24)42(38,39)25-14-15-27(40-4)28(17-25)41-5/h7-17,20-21H,6,18-19H2,1-5H3,(H,33,37)/t20-,21-/m0/s1. The fourth-order valence-electron chi connectivity index (χ4n) is 4.11. The van der Waals surface area contributed by atoms with Crippen LogP contribution in [0.4, 0.5) is 5.69 Å². The van der Waals surface area contributed by atoms with Gasteiger partial charge in [-0.15, -0.1) is 0 Å². The second-order valence-electron chi connectivity index (χ2n) is 9.62. The molecule has 0 aliphatic heterocycles. The van der Waals surface area contributed by atoms with Crippen molar-refractivity contribution in [3.63, 3.8) is 0 Å². The quantitative estimate of drug-likeness (QED) is 0.264. The van der Waals surface area contributed by atoms with Crippen molar-refractivity contribution in [3.05, 3.63) is 82.3 Å². The molecule has 3 aromatic carbocycles. The minimum Gasteiger partial charge on any atom is -0.493 e. The molecule has 0 spiro atoms. The van der Waals surface area contributed by atoms with Crippen molar-refractivity contribution < 1.29 is 27.5 Å². The van der Waals surface area contributed by atoms with Gasteiger partial charge in [0.15, 0.2) is 11.5 Å². The van der Waals surface area contributed by atoms with Gasteiger partial charge in [-0.25, -0.2) is 8.42 Å². The third-order valence-corrected chi connectivity index (χ3v) is 9.15. The molecule has 0 fully saturated rings. The first-order chi connectivity index (χ1) is 19.9. The summed E-state index contributed by atoms with van der Waals surface area (Å²) in [6.07, 6.45) is 0.695. The first-order valence-corrected chi connectivity index (χ1v) is 15.5. The van der Waals surface area contributed by atoms with E-state index in [2.05, 4.69) is 5.32 Å². The van der Waals surface area contributed by atoms with Gasteiger partial charge in [-0.2, -0.15) is 0 Å². The van der Waals surface area contributed by atoms with Gasteiger partial charge < -0.3 is 19.7 Å². The zero-order valence-electron chi connectivity index (χ0n) is 24.1. The molecule has 0 saturated heterocycles. The van der Waals surface area contributed by atoms with E-state index in [0.29, 0.717) is 27.8 Å². The summed E-state index contributed by atoms with van der Waals surface area (Å²) in [5, 5.41) is 3.62. The van der Waals surface area contributed by atoms with E-state index in [1.54, 1.807) is 55.5 Å². The summed E-state index contributed by atoms with van der Waals surface area (Å²) >= 11 is 12.5. The number of methoxy groups -OCH3 is 2. The predicted molar refractivity (Wildman–Crippen MR) is 165 cm³/mol. The van der Waals surface area contributed by atoms with Crippen LogP contribution in [0.1, 0.15) is 32.8 Å². The fraction of sp³-hybridized carbons (Fsp3) is 0.333. The number of nitrogens with zero attached hydrogens (tertiary/aromatic N) is 2.